The van der Waals surface area contributed by atoms with Gasteiger partial charge in [0.2, 0.25) is 0 Å². The van der Waals surface area contributed by atoms with Crippen LogP contribution < -0.4 is 0 Å². The van der Waals surface area contributed by atoms with Crippen molar-refractivity contribution in [3.05, 3.63) is 36.5 Å². The number of hydrogen-bond acceptors (Lipinski definition) is 6. The number of unbranched alkanes of at least 4 members (excludes halogenated alkanes) is 18. The fourth-order valence-corrected chi connectivity index (χ4v) is 4.97. The fraction of sp³-hybridized carbons (Fsp3) is 0.771. The SMILES string of the molecule is CCCC/C=C/CCCCCCCC(=O)OC[C@H](COP(=O)(O)O)OC(=O)/C=C/C=C/CCCCCCCCCCCCC. The van der Waals surface area contributed by atoms with Gasteiger partial charge in [0.1, 0.15) is 6.61 Å². The van der Waals surface area contributed by atoms with Crippen LogP contribution in [0.2, 0.25) is 0 Å². The summed E-state index contributed by atoms with van der Waals surface area (Å²) in [7, 11) is -4.77. The van der Waals surface area contributed by atoms with E-state index >= 15 is 0 Å². The minimum Gasteiger partial charge on any atom is -0.462 e. The third-order valence-electron chi connectivity index (χ3n) is 7.24. The van der Waals surface area contributed by atoms with Crippen molar-refractivity contribution in [1.29, 1.82) is 0 Å². The summed E-state index contributed by atoms with van der Waals surface area (Å²) in [5, 5.41) is 0. The Morgan fingerprint density at radius 2 is 1.14 bits per heavy atom. The minimum absolute atomic E-state index is 0.237. The van der Waals surface area contributed by atoms with Crippen molar-refractivity contribution < 1.29 is 37.9 Å². The molecule has 0 saturated carbocycles. The molecular formula is C35H63O8P. The molecule has 0 aromatic rings. The summed E-state index contributed by atoms with van der Waals surface area (Å²) in [5.74, 6) is -1.15. The molecule has 0 saturated heterocycles. The van der Waals surface area contributed by atoms with Gasteiger partial charge >= 0.3 is 19.8 Å². The van der Waals surface area contributed by atoms with Gasteiger partial charge in [0, 0.05) is 12.5 Å². The van der Waals surface area contributed by atoms with Crippen LogP contribution in [0.1, 0.15) is 155 Å². The van der Waals surface area contributed by atoms with Gasteiger partial charge in [-0.2, -0.15) is 0 Å². The second-order valence-electron chi connectivity index (χ2n) is 11.6. The van der Waals surface area contributed by atoms with Crippen LogP contribution in [0, 0.1) is 0 Å². The molecule has 0 fully saturated rings. The Kier molecular flexibility index (Phi) is 30.0. The molecule has 0 unspecified atom stereocenters. The van der Waals surface area contributed by atoms with Crippen LogP contribution in [0.3, 0.4) is 0 Å². The zero-order valence-electron chi connectivity index (χ0n) is 27.8. The molecule has 0 rings (SSSR count). The van der Waals surface area contributed by atoms with Gasteiger partial charge < -0.3 is 19.3 Å². The van der Waals surface area contributed by atoms with Crippen molar-refractivity contribution in [3.8, 4) is 0 Å². The van der Waals surface area contributed by atoms with Gasteiger partial charge in [0.15, 0.2) is 6.10 Å². The van der Waals surface area contributed by atoms with E-state index in [0.717, 1.165) is 51.4 Å². The zero-order chi connectivity index (χ0) is 32.6. The van der Waals surface area contributed by atoms with Gasteiger partial charge in [0.05, 0.1) is 6.61 Å². The molecular weight excluding hydrogens is 579 g/mol. The first-order chi connectivity index (χ1) is 21.3. The highest BCUT2D eigenvalue weighted by molar-refractivity contribution is 7.46. The van der Waals surface area contributed by atoms with Gasteiger partial charge in [-0.05, 0) is 38.5 Å². The second-order valence-corrected chi connectivity index (χ2v) is 12.8. The van der Waals surface area contributed by atoms with Crippen LogP contribution in [0.15, 0.2) is 36.5 Å². The third kappa shape index (κ3) is 33.2. The highest BCUT2D eigenvalue weighted by Gasteiger charge is 2.22. The lowest BCUT2D eigenvalue weighted by Crippen LogP contribution is -2.29. The average Bonchev–Trinajstić information content (AvgIpc) is 2.98. The van der Waals surface area contributed by atoms with Crippen molar-refractivity contribution in [2.45, 2.75) is 161 Å². The molecule has 0 aliphatic heterocycles. The molecule has 44 heavy (non-hydrogen) atoms. The lowest BCUT2D eigenvalue weighted by Gasteiger charge is -2.17. The number of carbonyl (C=O) groups is 2. The maximum Gasteiger partial charge on any atom is 0.469 e. The summed E-state index contributed by atoms with van der Waals surface area (Å²) in [5.41, 5.74) is 0. The van der Waals surface area contributed by atoms with Crippen LogP contribution >= 0.6 is 7.82 Å². The molecule has 256 valence electrons. The number of carbonyl (C=O) groups excluding carboxylic acids is 2. The predicted octanol–water partition coefficient (Wildman–Crippen LogP) is 9.84. The molecule has 9 heteroatoms. The number of esters is 2. The fourth-order valence-electron chi connectivity index (χ4n) is 4.61. The molecule has 1 atom stereocenters. The molecule has 0 spiro atoms. The van der Waals surface area contributed by atoms with E-state index in [9.17, 15) is 14.2 Å². The first-order valence-electron chi connectivity index (χ1n) is 17.3. The topological polar surface area (TPSA) is 119 Å². The molecule has 0 aromatic heterocycles. The lowest BCUT2D eigenvalue weighted by molar-refractivity contribution is -0.157. The number of rotatable bonds is 31. The van der Waals surface area contributed by atoms with Gasteiger partial charge in [0.25, 0.3) is 0 Å². The standard InChI is InChI=1S/C35H63O8P/c1-3-5-7-9-11-13-15-16-17-18-20-22-24-26-28-30-35(37)43-33(32-42-44(38,39)40)31-41-34(36)29-27-25-23-21-19-14-12-10-8-6-4-2/h10,12,24,26,28,30,33H,3-9,11,13-23,25,27,29,31-32H2,1-2H3,(H2,38,39,40)/b12-10+,26-24+,30-28+/t33-/m1/s1. The van der Waals surface area contributed by atoms with Gasteiger partial charge in [-0.15, -0.1) is 0 Å². The highest BCUT2D eigenvalue weighted by Crippen LogP contribution is 2.35. The average molecular weight is 643 g/mol. The number of phosphoric ester groups is 1. The quantitative estimate of drug-likeness (QED) is 0.0191. The van der Waals surface area contributed by atoms with Gasteiger partial charge in [-0.25, -0.2) is 9.36 Å². The van der Waals surface area contributed by atoms with Gasteiger partial charge in [-0.1, -0.05) is 141 Å². The summed E-state index contributed by atoms with van der Waals surface area (Å²) >= 11 is 0. The summed E-state index contributed by atoms with van der Waals surface area (Å²) in [4.78, 5) is 42.4. The van der Waals surface area contributed by atoms with Crippen LogP contribution in [0.5, 0.6) is 0 Å². The summed E-state index contributed by atoms with van der Waals surface area (Å²) in [6.07, 6.45) is 35.0. The Bertz CT molecular complexity index is 818. The largest absolute Gasteiger partial charge is 0.469 e. The molecule has 2 N–H and O–H groups in total. The van der Waals surface area contributed by atoms with Crippen molar-refractivity contribution >= 4 is 19.8 Å². The summed E-state index contributed by atoms with van der Waals surface area (Å²) < 4.78 is 26.0. The van der Waals surface area contributed by atoms with Crippen molar-refractivity contribution in [1.82, 2.24) is 0 Å². The Morgan fingerprint density at radius 1 is 0.636 bits per heavy atom. The molecule has 0 radical (unpaired) electrons. The third-order valence-corrected chi connectivity index (χ3v) is 7.72. The first-order valence-corrected chi connectivity index (χ1v) is 18.9. The molecule has 0 amide bonds. The first kappa shape index (κ1) is 42.3. The summed E-state index contributed by atoms with van der Waals surface area (Å²) in [6, 6.07) is 0. The number of phosphoric acid groups is 1. The maximum absolute atomic E-state index is 12.2. The lowest BCUT2D eigenvalue weighted by atomic mass is 10.1. The number of ether oxygens (including phenoxy) is 2. The van der Waals surface area contributed by atoms with E-state index in [-0.39, 0.29) is 13.0 Å². The van der Waals surface area contributed by atoms with Gasteiger partial charge in [-0.3, -0.25) is 9.32 Å². The van der Waals surface area contributed by atoms with Crippen molar-refractivity contribution in [3.63, 3.8) is 0 Å². The van der Waals surface area contributed by atoms with Crippen LogP contribution in [0.25, 0.3) is 0 Å². The van der Waals surface area contributed by atoms with E-state index in [2.05, 4.69) is 30.5 Å². The normalized spacial score (nSPS) is 12.9. The molecule has 8 nitrogen and oxygen atoms in total. The smallest absolute Gasteiger partial charge is 0.462 e. The van der Waals surface area contributed by atoms with Crippen molar-refractivity contribution in [2.75, 3.05) is 13.2 Å². The predicted molar refractivity (Wildman–Crippen MR) is 179 cm³/mol. The van der Waals surface area contributed by atoms with Crippen molar-refractivity contribution in [2.24, 2.45) is 0 Å². The van der Waals surface area contributed by atoms with E-state index < -0.39 is 32.5 Å². The molecule has 0 heterocycles. The monoisotopic (exact) mass is 642 g/mol. The molecule has 0 aliphatic carbocycles. The van der Waals surface area contributed by atoms with E-state index in [1.807, 2.05) is 6.08 Å². The maximum atomic E-state index is 12.2. The Morgan fingerprint density at radius 3 is 1.70 bits per heavy atom. The second kappa shape index (κ2) is 31.3. The van der Waals surface area contributed by atoms with E-state index in [0.29, 0.717) is 6.42 Å². The summed E-state index contributed by atoms with van der Waals surface area (Å²) in [6.45, 7) is 3.51. The van der Waals surface area contributed by atoms with Crippen LogP contribution in [0.4, 0.5) is 0 Å². The van der Waals surface area contributed by atoms with Crippen LogP contribution in [-0.2, 0) is 28.2 Å². The van der Waals surface area contributed by atoms with E-state index in [1.54, 1.807) is 12.2 Å². The van der Waals surface area contributed by atoms with Crippen LogP contribution in [-0.4, -0.2) is 41.0 Å². The van der Waals surface area contributed by atoms with E-state index in [4.69, 9.17) is 19.3 Å². The zero-order valence-corrected chi connectivity index (χ0v) is 28.7. The Balaban J connectivity index is 4.13. The number of allylic oxidation sites excluding steroid dienone is 5. The minimum atomic E-state index is -4.77. The molecule has 0 aliphatic rings. The molecule has 0 aromatic carbocycles. The highest BCUT2D eigenvalue weighted by atomic mass is 31.2. The Labute approximate surface area is 268 Å². The van der Waals surface area contributed by atoms with E-state index in [1.165, 1.54) is 83.1 Å². The molecule has 0 bridgehead atoms. The number of hydrogen-bond donors (Lipinski definition) is 2. The Hall–Kier alpha value is -1.73.